The van der Waals surface area contributed by atoms with Crippen molar-refractivity contribution in [1.82, 2.24) is 20.0 Å². The molecule has 4 rings (SSSR count). The first-order chi connectivity index (χ1) is 12.1. The van der Waals surface area contributed by atoms with E-state index < -0.39 is 0 Å². The van der Waals surface area contributed by atoms with Crippen LogP contribution in [0.25, 0.3) is 11.3 Å². The summed E-state index contributed by atoms with van der Waals surface area (Å²) in [5.41, 5.74) is 4.41. The first-order valence-corrected chi connectivity index (χ1v) is 9.36. The maximum Gasteiger partial charge on any atom is 0.239 e. The van der Waals surface area contributed by atoms with E-state index in [2.05, 4.69) is 15.1 Å². The van der Waals surface area contributed by atoms with Gasteiger partial charge in [0.1, 0.15) is 0 Å². The van der Waals surface area contributed by atoms with E-state index in [-0.39, 0.29) is 11.9 Å². The number of halogens is 1. The molecule has 1 fully saturated rings. The summed E-state index contributed by atoms with van der Waals surface area (Å²) < 4.78 is 0. The molecule has 2 aromatic rings. The Morgan fingerprint density at radius 3 is 2.64 bits per heavy atom. The van der Waals surface area contributed by atoms with Crippen LogP contribution in [0.5, 0.6) is 0 Å². The fourth-order valence-corrected chi connectivity index (χ4v) is 3.98. The number of hydrogen-bond acceptors (Lipinski definition) is 3. The van der Waals surface area contributed by atoms with Gasteiger partial charge in [-0.05, 0) is 31.9 Å². The Balaban J connectivity index is 1.55. The third-order valence-corrected chi connectivity index (χ3v) is 5.66. The van der Waals surface area contributed by atoms with Gasteiger partial charge in [-0.15, -0.1) is 0 Å². The standard InChI is InChI=1S/C19H23ClN4O/c1-13(19(25)23-9-2-3-10-23)24-11-8-17-16(12-24)18(22-21-17)14-4-6-15(20)7-5-14/h4-7,13H,2-3,8-12H2,1H3,(H,21,22)/t13-/m0/s1. The van der Waals surface area contributed by atoms with E-state index in [1.54, 1.807) is 0 Å². The Morgan fingerprint density at radius 1 is 1.20 bits per heavy atom. The quantitative estimate of drug-likeness (QED) is 0.917. The number of likely N-dealkylation sites (tertiary alicyclic amines) is 1. The maximum atomic E-state index is 12.7. The number of nitrogens with one attached hydrogen (secondary N) is 1. The van der Waals surface area contributed by atoms with Crippen LogP contribution in [-0.2, 0) is 17.8 Å². The van der Waals surface area contributed by atoms with Gasteiger partial charge in [0.05, 0.1) is 11.7 Å². The van der Waals surface area contributed by atoms with Crippen molar-refractivity contribution in [3.8, 4) is 11.3 Å². The van der Waals surface area contributed by atoms with Gasteiger partial charge in [0.2, 0.25) is 5.91 Å². The number of amides is 1. The highest BCUT2D eigenvalue weighted by atomic mass is 35.5. The van der Waals surface area contributed by atoms with Gasteiger partial charge in [-0.3, -0.25) is 14.8 Å². The fraction of sp³-hybridized carbons (Fsp3) is 0.474. The van der Waals surface area contributed by atoms with Crippen LogP contribution < -0.4 is 0 Å². The Labute approximate surface area is 153 Å². The van der Waals surface area contributed by atoms with Gasteiger partial charge >= 0.3 is 0 Å². The molecule has 3 heterocycles. The molecule has 0 saturated carbocycles. The average molecular weight is 359 g/mol. The lowest BCUT2D eigenvalue weighted by atomic mass is 10.00. The number of nitrogens with zero attached hydrogens (tertiary/aromatic N) is 3. The minimum absolute atomic E-state index is 0.0841. The molecule has 1 atom stereocenters. The number of hydrogen-bond donors (Lipinski definition) is 1. The van der Waals surface area contributed by atoms with Gasteiger partial charge in [0.25, 0.3) is 0 Å². The normalized spacial score (nSPS) is 19.0. The van der Waals surface area contributed by atoms with E-state index in [9.17, 15) is 4.79 Å². The van der Waals surface area contributed by atoms with Crippen molar-refractivity contribution >= 4 is 17.5 Å². The average Bonchev–Trinajstić information content (AvgIpc) is 3.30. The molecule has 0 radical (unpaired) electrons. The zero-order valence-corrected chi connectivity index (χ0v) is 15.2. The minimum atomic E-state index is -0.0841. The van der Waals surface area contributed by atoms with E-state index >= 15 is 0 Å². The van der Waals surface area contributed by atoms with E-state index in [4.69, 9.17) is 11.6 Å². The molecular formula is C19H23ClN4O. The van der Waals surface area contributed by atoms with Crippen LogP contribution in [0.4, 0.5) is 0 Å². The van der Waals surface area contributed by atoms with Gasteiger partial charge in [-0.2, -0.15) is 5.10 Å². The van der Waals surface area contributed by atoms with Crippen molar-refractivity contribution in [1.29, 1.82) is 0 Å². The van der Waals surface area contributed by atoms with Crippen LogP contribution in [0, 0.1) is 0 Å². The SMILES string of the molecule is C[C@@H](C(=O)N1CCCC1)N1CCc2[nH]nc(-c3ccc(Cl)cc3)c2C1. The van der Waals surface area contributed by atoms with Crippen molar-refractivity contribution in [2.24, 2.45) is 0 Å². The number of benzene rings is 1. The first kappa shape index (κ1) is 16.6. The molecule has 0 bridgehead atoms. The Morgan fingerprint density at radius 2 is 1.92 bits per heavy atom. The predicted molar refractivity (Wildman–Crippen MR) is 98.4 cm³/mol. The fourth-order valence-electron chi connectivity index (χ4n) is 3.85. The molecule has 2 aliphatic heterocycles. The highest BCUT2D eigenvalue weighted by Gasteiger charge is 2.31. The van der Waals surface area contributed by atoms with Crippen LogP contribution in [0.15, 0.2) is 24.3 Å². The summed E-state index contributed by atoms with van der Waals surface area (Å²) in [5.74, 6) is 0.262. The van der Waals surface area contributed by atoms with Crippen LogP contribution in [0.1, 0.15) is 31.0 Å². The summed E-state index contributed by atoms with van der Waals surface area (Å²) in [6, 6.07) is 7.68. The summed E-state index contributed by atoms with van der Waals surface area (Å²) >= 11 is 6.00. The monoisotopic (exact) mass is 358 g/mol. The molecular weight excluding hydrogens is 336 g/mol. The van der Waals surface area contributed by atoms with Gasteiger partial charge in [0.15, 0.2) is 0 Å². The zero-order valence-electron chi connectivity index (χ0n) is 14.5. The van der Waals surface area contributed by atoms with Crippen molar-refractivity contribution < 1.29 is 4.79 Å². The molecule has 1 amide bonds. The highest BCUT2D eigenvalue weighted by molar-refractivity contribution is 6.30. The lowest BCUT2D eigenvalue weighted by Gasteiger charge is -2.33. The summed E-state index contributed by atoms with van der Waals surface area (Å²) in [5, 5.41) is 8.42. The van der Waals surface area contributed by atoms with Crippen molar-refractivity contribution in [2.75, 3.05) is 19.6 Å². The largest absolute Gasteiger partial charge is 0.341 e. The molecule has 5 nitrogen and oxygen atoms in total. The molecule has 0 aliphatic carbocycles. The number of carbonyl (C=O) groups is 1. The van der Waals surface area contributed by atoms with E-state index in [0.717, 1.165) is 61.7 Å². The van der Waals surface area contributed by atoms with E-state index in [0.29, 0.717) is 0 Å². The van der Waals surface area contributed by atoms with E-state index in [1.807, 2.05) is 36.1 Å². The predicted octanol–water partition coefficient (Wildman–Crippen LogP) is 3.10. The number of aromatic nitrogens is 2. The topological polar surface area (TPSA) is 52.2 Å². The second-order valence-electron chi connectivity index (χ2n) is 6.97. The second kappa shape index (κ2) is 6.81. The van der Waals surface area contributed by atoms with E-state index in [1.165, 1.54) is 11.3 Å². The van der Waals surface area contributed by atoms with Gasteiger partial charge < -0.3 is 4.90 Å². The van der Waals surface area contributed by atoms with Crippen molar-refractivity contribution in [3.63, 3.8) is 0 Å². The molecule has 6 heteroatoms. The first-order valence-electron chi connectivity index (χ1n) is 8.98. The molecule has 1 saturated heterocycles. The van der Waals surface area contributed by atoms with Crippen LogP contribution in [0.3, 0.4) is 0 Å². The minimum Gasteiger partial charge on any atom is -0.341 e. The smallest absolute Gasteiger partial charge is 0.239 e. The zero-order chi connectivity index (χ0) is 17.4. The van der Waals surface area contributed by atoms with Crippen LogP contribution in [0.2, 0.25) is 5.02 Å². The number of rotatable bonds is 3. The summed E-state index contributed by atoms with van der Waals surface area (Å²) in [6.07, 6.45) is 3.16. The Kier molecular flexibility index (Phi) is 4.52. The number of fused-ring (bicyclic) bond motifs is 1. The third kappa shape index (κ3) is 3.18. The van der Waals surface area contributed by atoms with Gasteiger partial charge in [-0.25, -0.2) is 0 Å². The third-order valence-electron chi connectivity index (χ3n) is 5.40. The van der Waals surface area contributed by atoms with Gasteiger partial charge in [0, 0.05) is 54.4 Å². The van der Waals surface area contributed by atoms with Crippen LogP contribution >= 0.6 is 11.6 Å². The molecule has 132 valence electrons. The number of H-pyrrole nitrogens is 1. The summed E-state index contributed by atoms with van der Waals surface area (Å²) in [7, 11) is 0. The highest BCUT2D eigenvalue weighted by Crippen LogP contribution is 2.30. The van der Waals surface area contributed by atoms with Crippen molar-refractivity contribution in [3.05, 3.63) is 40.5 Å². The summed E-state index contributed by atoms with van der Waals surface area (Å²) in [4.78, 5) is 17.0. The van der Waals surface area contributed by atoms with Gasteiger partial charge in [-0.1, -0.05) is 23.7 Å². The molecule has 2 aliphatic rings. The molecule has 0 spiro atoms. The van der Waals surface area contributed by atoms with Crippen molar-refractivity contribution in [2.45, 2.75) is 38.8 Å². The Hall–Kier alpha value is -1.85. The molecule has 1 N–H and O–H groups in total. The second-order valence-corrected chi connectivity index (χ2v) is 7.40. The molecule has 1 aromatic heterocycles. The molecule has 1 aromatic carbocycles. The Bertz CT molecular complexity index is 764. The van der Waals surface area contributed by atoms with Crippen LogP contribution in [-0.4, -0.2) is 51.6 Å². The summed E-state index contributed by atoms with van der Waals surface area (Å²) in [6.45, 7) is 5.49. The lowest BCUT2D eigenvalue weighted by Crippen LogP contribution is -2.47. The lowest BCUT2D eigenvalue weighted by molar-refractivity contribution is -0.135. The molecule has 0 unspecified atom stereocenters. The number of aromatic amines is 1. The number of carbonyl (C=O) groups excluding carboxylic acids is 1. The molecule has 25 heavy (non-hydrogen) atoms. The maximum absolute atomic E-state index is 12.7.